The second-order valence-electron chi connectivity index (χ2n) is 4.85. The van der Waals surface area contributed by atoms with Gasteiger partial charge in [0.25, 0.3) is 0 Å². The monoisotopic (exact) mass is 439 g/mol. The van der Waals surface area contributed by atoms with Crippen molar-refractivity contribution in [3.05, 3.63) is 69.3 Å². The van der Waals surface area contributed by atoms with Crippen LogP contribution >= 0.6 is 22.6 Å². The van der Waals surface area contributed by atoms with Crippen LogP contribution in [0.25, 0.3) is 5.76 Å². The van der Waals surface area contributed by atoms with Crippen LogP contribution in [0.1, 0.15) is 21.7 Å². The summed E-state index contributed by atoms with van der Waals surface area (Å²) in [6.45, 7) is 0.214. The van der Waals surface area contributed by atoms with E-state index >= 15 is 0 Å². The first-order chi connectivity index (χ1) is 11.5. The lowest BCUT2D eigenvalue weighted by molar-refractivity contribution is 0.103. The Kier molecular flexibility index (Phi) is 4.69. The lowest BCUT2D eigenvalue weighted by Gasteiger charge is -2.02. The van der Waals surface area contributed by atoms with Crippen LogP contribution in [0.2, 0.25) is 0 Å². The summed E-state index contributed by atoms with van der Waals surface area (Å²) in [7, 11) is 0. The van der Waals surface area contributed by atoms with Crippen molar-refractivity contribution in [2.24, 2.45) is 0 Å². The first kappa shape index (κ1) is 16.3. The molecule has 0 amide bonds. The molecule has 9 heteroatoms. The van der Waals surface area contributed by atoms with Crippen molar-refractivity contribution in [3.63, 3.8) is 0 Å². The van der Waals surface area contributed by atoms with Crippen molar-refractivity contribution in [2.45, 2.75) is 6.54 Å². The lowest BCUT2D eigenvalue weighted by Crippen LogP contribution is -2.02. The van der Waals surface area contributed by atoms with Crippen molar-refractivity contribution in [1.82, 2.24) is 25.0 Å². The molecule has 24 heavy (non-hydrogen) atoms. The number of hydrogen-bond donors (Lipinski definition) is 2. The average molecular weight is 439 g/mol. The molecule has 1 aromatic carbocycles. The van der Waals surface area contributed by atoms with E-state index in [0.29, 0.717) is 14.8 Å². The highest BCUT2D eigenvalue weighted by molar-refractivity contribution is 14.1. The molecule has 0 saturated heterocycles. The number of ketones is 1. The highest BCUT2D eigenvalue weighted by Gasteiger charge is 2.14. The van der Waals surface area contributed by atoms with Crippen LogP contribution < -0.4 is 0 Å². The molecule has 0 unspecified atom stereocenters. The summed E-state index contributed by atoms with van der Waals surface area (Å²) in [5.41, 5.74) is 0.851. The number of aliphatic hydroxyl groups is 1. The molecule has 0 aliphatic carbocycles. The maximum Gasteiger partial charge on any atom is 0.226 e. The van der Waals surface area contributed by atoms with Crippen LogP contribution in [0.3, 0.4) is 0 Å². The minimum absolute atomic E-state index is 0.0234. The molecule has 3 rings (SSSR count). The van der Waals surface area contributed by atoms with E-state index in [1.807, 2.05) is 22.6 Å². The van der Waals surface area contributed by atoms with E-state index in [0.717, 1.165) is 6.08 Å². The Morgan fingerprint density at radius 2 is 2.21 bits per heavy atom. The molecule has 0 bridgehead atoms. The summed E-state index contributed by atoms with van der Waals surface area (Å²) in [5.74, 6) is -1.07. The zero-order chi connectivity index (χ0) is 17.1. The molecule has 0 fully saturated rings. The van der Waals surface area contributed by atoms with Gasteiger partial charge in [-0.15, -0.1) is 0 Å². The second-order valence-corrected chi connectivity index (χ2v) is 5.87. The summed E-state index contributed by atoms with van der Waals surface area (Å²) >= 11 is 1.93. The molecule has 0 atom stereocenters. The fraction of sp³-hybridized carbons (Fsp3) is 0.0667. The topological polar surface area (TPSA) is 96.7 Å². The summed E-state index contributed by atoms with van der Waals surface area (Å²) in [4.78, 5) is 15.6. The van der Waals surface area contributed by atoms with Gasteiger partial charge in [0.1, 0.15) is 21.6 Å². The number of aromatic amines is 1. The molecule has 0 saturated carbocycles. The normalized spacial score (nSPS) is 11.7. The van der Waals surface area contributed by atoms with E-state index in [-0.39, 0.29) is 23.9 Å². The van der Waals surface area contributed by atoms with Crippen molar-refractivity contribution in [3.8, 4) is 0 Å². The molecule has 0 aliphatic heterocycles. The van der Waals surface area contributed by atoms with Gasteiger partial charge in [0.05, 0.1) is 12.1 Å². The van der Waals surface area contributed by atoms with Gasteiger partial charge in [-0.05, 0) is 28.7 Å². The van der Waals surface area contributed by atoms with Crippen LogP contribution in [-0.4, -0.2) is 35.9 Å². The lowest BCUT2D eigenvalue weighted by atomic mass is 10.2. The van der Waals surface area contributed by atoms with Gasteiger partial charge < -0.3 is 5.11 Å². The zero-order valence-electron chi connectivity index (χ0n) is 12.1. The van der Waals surface area contributed by atoms with Crippen LogP contribution in [0, 0.1) is 9.52 Å². The number of carbonyl (C=O) groups is 1. The quantitative estimate of drug-likeness (QED) is 0.276. The Morgan fingerprint density at radius 3 is 2.92 bits per heavy atom. The van der Waals surface area contributed by atoms with Crippen molar-refractivity contribution in [2.75, 3.05) is 0 Å². The van der Waals surface area contributed by atoms with Crippen molar-refractivity contribution in [1.29, 1.82) is 0 Å². The zero-order valence-corrected chi connectivity index (χ0v) is 14.3. The fourth-order valence-electron chi connectivity index (χ4n) is 2.05. The number of nitrogens with one attached hydrogen (secondary N) is 1. The molecule has 0 spiro atoms. The SMILES string of the molecule is O=C(C=C(O)c1cn(Cc2ccccc2F)nc1I)c1ncn[nH]1. The molecular formula is C15H11FIN5O2. The number of H-pyrrole nitrogens is 1. The van der Waals surface area contributed by atoms with Crippen LogP contribution in [0.5, 0.6) is 0 Å². The van der Waals surface area contributed by atoms with Gasteiger partial charge in [-0.3, -0.25) is 14.6 Å². The molecule has 2 heterocycles. The molecule has 0 radical (unpaired) electrons. The summed E-state index contributed by atoms with van der Waals surface area (Å²) in [6, 6.07) is 6.38. The minimum Gasteiger partial charge on any atom is -0.507 e. The predicted octanol–water partition coefficient (Wildman–Crippen LogP) is 2.58. The minimum atomic E-state index is -0.511. The third-order valence-electron chi connectivity index (χ3n) is 3.20. The number of allylic oxidation sites excluding steroid dienone is 1. The number of nitrogens with zero attached hydrogens (tertiary/aromatic N) is 4. The number of benzene rings is 1. The number of rotatable bonds is 5. The Bertz CT molecular complexity index is 904. The Balaban J connectivity index is 1.83. The maximum absolute atomic E-state index is 13.7. The number of hydrogen-bond acceptors (Lipinski definition) is 5. The Labute approximate surface area is 149 Å². The Hall–Kier alpha value is -2.56. The highest BCUT2D eigenvalue weighted by Crippen LogP contribution is 2.19. The van der Waals surface area contributed by atoms with Gasteiger partial charge in [-0.2, -0.15) is 10.2 Å². The highest BCUT2D eigenvalue weighted by atomic mass is 127. The third-order valence-corrected chi connectivity index (χ3v) is 4.00. The summed E-state index contributed by atoms with van der Waals surface area (Å²) in [5, 5.41) is 20.4. The second kappa shape index (κ2) is 6.91. The van der Waals surface area contributed by atoms with E-state index in [1.165, 1.54) is 17.1 Å². The van der Waals surface area contributed by atoms with E-state index in [9.17, 15) is 14.3 Å². The molecule has 2 aromatic heterocycles. The van der Waals surface area contributed by atoms with Crippen molar-refractivity contribution >= 4 is 34.1 Å². The standard InChI is InChI=1S/C15H11FIN5O2/c16-11-4-2-1-3-9(11)6-22-7-10(14(17)21-22)12(23)5-13(24)15-18-8-19-20-15/h1-5,7-8,23H,6H2,(H,18,19,20). The molecule has 7 nitrogen and oxygen atoms in total. The summed E-state index contributed by atoms with van der Waals surface area (Å²) < 4.78 is 15.7. The predicted molar refractivity (Wildman–Crippen MR) is 91.8 cm³/mol. The van der Waals surface area contributed by atoms with E-state index in [1.54, 1.807) is 24.4 Å². The van der Waals surface area contributed by atoms with Gasteiger partial charge >= 0.3 is 0 Å². The number of aliphatic hydroxyl groups excluding tert-OH is 1. The van der Waals surface area contributed by atoms with Gasteiger partial charge in [-0.25, -0.2) is 9.37 Å². The molecule has 2 N–H and O–H groups in total. The molecule has 3 aromatic rings. The third kappa shape index (κ3) is 3.50. The number of carbonyl (C=O) groups excluding carboxylic acids is 1. The molecular weight excluding hydrogens is 428 g/mol. The number of halogens is 2. The first-order valence-corrected chi connectivity index (χ1v) is 7.89. The average Bonchev–Trinajstić information content (AvgIpc) is 3.19. The number of aromatic nitrogens is 5. The first-order valence-electron chi connectivity index (χ1n) is 6.81. The van der Waals surface area contributed by atoms with Gasteiger partial charge in [0, 0.05) is 17.8 Å². The van der Waals surface area contributed by atoms with E-state index < -0.39 is 5.78 Å². The molecule has 122 valence electrons. The maximum atomic E-state index is 13.7. The van der Waals surface area contributed by atoms with Gasteiger partial charge in [0.15, 0.2) is 5.82 Å². The van der Waals surface area contributed by atoms with Gasteiger partial charge in [0.2, 0.25) is 5.78 Å². The van der Waals surface area contributed by atoms with E-state index in [4.69, 9.17) is 0 Å². The Morgan fingerprint density at radius 1 is 1.42 bits per heavy atom. The van der Waals surface area contributed by atoms with Crippen molar-refractivity contribution < 1.29 is 14.3 Å². The smallest absolute Gasteiger partial charge is 0.226 e. The summed E-state index contributed by atoms with van der Waals surface area (Å²) in [6.07, 6.45) is 3.79. The van der Waals surface area contributed by atoms with Crippen LogP contribution in [-0.2, 0) is 6.54 Å². The largest absolute Gasteiger partial charge is 0.507 e. The van der Waals surface area contributed by atoms with Crippen LogP contribution in [0.4, 0.5) is 4.39 Å². The van der Waals surface area contributed by atoms with Gasteiger partial charge in [-0.1, -0.05) is 18.2 Å². The fourth-order valence-corrected chi connectivity index (χ4v) is 2.74. The molecule has 0 aliphatic rings. The van der Waals surface area contributed by atoms with Crippen LogP contribution in [0.15, 0.2) is 42.9 Å². The van der Waals surface area contributed by atoms with E-state index in [2.05, 4.69) is 20.3 Å².